The normalized spacial score (nSPS) is 26.2. The molecule has 0 aromatic rings. The van der Waals surface area contributed by atoms with E-state index >= 15 is 0 Å². The van der Waals surface area contributed by atoms with Gasteiger partial charge in [-0.15, -0.1) is 0 Å². The predicted octanol–water partition coefficient (Wildman–Crippen LogP) is 5.53. The molecular weight excluding hydrogens is 515 g/mol. The Bertz CT molecular complexity index is 501. The molecule has 1 saturated carbocycles. The van der Waals surface area contributed by atoms with E-state index in [9.17, 15) is 14.7 Å². The molecule has 0 amide bonds. The van der Waals surface area contributed by atoms with E-state index in [0.717, 1.165) is 12.8 Å². The third-order valence-electron chi connectivity index (χ3n) is 5.24. The smallest absolute Gasteiger partial charge is 0.349 e. The number of halogens is 3. The summed E-state index contributed by atoms with van der Waals surface area (Å²) in [5, 5.41) is 10.0. The summed E-state index contributed by atoms with van der Waals surface area (Å²) in [5.41, 5.74) is 0. The molecule has 1 N–H and O–H groups in total. The van der Waals surface area contributed by atoms with Crippen LogP contribution < -0.4 is 0 Å². The molecule has 0 saturated heterocycles. The van der Waals surface area contributed by atoms with E-state index in [1.165, 1.54) is 13.3 Å². The van der Waals surface area contributed by atoms with Gasteiger partial charge in [0.2, 0.25) is 2.69 Å². The largest absolute Gasteiger partial charge is 0.462 e. The molecule has 5 nitrogen and oxygen atoms in total. The fourth-order valence-corrected chi connectivity index (χ4v) is 4.51. The third-order valence-corrected chi connectivity index (χ3v) is 6.04. The lowest BCUT2D eigenvalue weighted by molar-refractivity contribution is -0.155. The number of rotatable bonds is 10. The zero-order chi connectivity index (χ0) is 21.5. The SMILES string of the molecule is CCC(O)CC(CC(CC1CC(C)CC(C)C1)OC(=O)C(Cl)(Br)Br)OC(C)=O. The molecule has 28 heavy (non-hydrogen) atoms. The molecule has 1 fully saturated rings. The minimum absolute atomic E-state index is 0.316. The Morgan fingerprint density at radius 2 is 1.68 bits per heavy atom. The van der Waals surface area contributed by atoms with Gasteiger partial charge in [-0.25, -0.2) is 4.79 Å². The standard InChI is InChI=1S/C20H33Br2ClO5/c1-5-16(25)10-18(27-14(4)24)11-17(28-19(26)20(21,22)23)9-15-7-12(2)6-13(3)8-15/h12-13,15-18,25H,5-11H2,1-4H3. The van der Waals surface area contributed by atoms with Crippen molar-refractivity contribution in [2.24, 2.45) is 17.8 Å². The van der Waals surface area contributed by atoms with E-state index < -0.39 is 32.9 Å². The summed E-state index contributed by atoms with van der Waals surface area (Å²) in [7, 11) is 0. The van der Waals surface area contributed by atoms with Crippen LogP contribution in [0.4, 0.5) is 0 Å². The number of aliphatic hydroxyl groups is 1. The maximum atomic E-state index is 12.3. The molecule has 0 bridgehead atoms. The molecule has 0 spiro atoms. The van der Waals surface area contributed by atoms with Crippen molar-refractivity contribution >= 4 is 55.4 Å². The minimum atomic E-state index is -1.48. The molecule has 1 rings (SSSR count). The summed E-state index contributed by atoms with van der Waals surface area (Å²) in [4.78, 5) is 23.8. The Balaban J connectivity index is 2.89. The molecule has 0 radical (unpaired) electrons. The second kappa shape index (κ2) is 12.1. The first kappa shape index (κ1) is 26.2. The van der Waals surface area contributed by atoms with Crippen LogP contribution in [0.25, 0.3) is 0 Å². The summed E-state index contributed by atoms with van der Waals surface area (Å²) in [6.45, 7) is 7.72. The van der Waals surface area contributed by atoms with Crippen molar-refractivity contribution in [1.82, 2.24) is 0 Å². The Morgan fingerprint density at radius 3 is 2.14 bits per heavy atom. The molecule has 0 aromatic heterocycles. The van der Waals surface area contributed by atoms with Crippen molar-refractivity contribution in [3.63, 3.8) is 0 Å². The highest BCUT2D eigenvalue weighted by Crippen LogP contribution is 2.38. The zero-order valence-corrected chi connectivity index (χ0v) is 21.1. The van der Waals surface area contributed by atoms with Crippen LogP contribution in [0.1, 0.15) is 72.6 Å². The molecule has 5 atom stereocenters. The van der Waals surface area contributed by atoms with Crippen molar-refractivity contribution < 1.29 is 24.2 Å². The van der Waals surface area contributed by atoms with E-state index in [0.29, 0.717) is 43.4 Å². The molecule has 8 heteroatoms. The van der Waals surface area contributed by atoms with E-state index in [1.54, 1.807) is 0 Å². The fraction of sp³-hybridized carbons (Fsp3) is 0.900. The second-order valence-corrected chi connectivity index (χ2v) is 13.2. The number of alkyl halides is 3. The van der Waals surface area contributed by atoms with E-state index in [4.69, 9.17) is 21.1 Å². The number of hydrogen-bond acceptors (Lipinski definition) is 5. The highest BCUT2D eigenvalue weighted by molar-refractivity contribution is 9.26. The van der Waals surface area contributed by atoms with E-state index in [2.05, 4.69) is 45.7 Å². The summed E-state index contributed by atoms with van der Waals surface area (Å²) >= 11 is 12.1. The van der Waals surface area contributed by atoms with Crippen molar-refractivity contribution in [2.75, 3.05) is 0 Å². The third kappa shape index (κ3) is 10.3. The number of esters is 2. The summed E-state index contributed by atoms with van der Waals surface area (Å²) < 4.78 is 9.60. The maximum absolute atomic E-state index is 12.3. The first-order valence-electron chi connectivity index (χ1n) is 10.0. The number of hydrogen-bond donors (Lipinski definition) is 1. The first-order chi connectivity index (χ1) is 12.9. The lowest BCUT2D eigenvalue weighted by atomic mass is 9.74. The molecule has 0 heterocycles. The average molecular weight is 549 g/mol. The van der Waals surface area contributed by atoms with Crippen LogP contribution >= 0.6 is 43.5 Å². The number of carbonyl (C=O) groups excluding carboxylic acids is 2. The Kier molecular flexibility index (Phi) is 11.3. The Hall–Kier alpha value is 0.150. The monoisotopic (exact) mass is 546 g/mol. The highest BCUT2D eigenvalue weighted by atomic mass is 79.9. The summed E-state index contributed by atoms with van der Waals surface area (Å²) in [6.07, 6.45) is 3.76. The summed E-state index contributed by atoms with van der Waals surface area (Å²) in [5.74, 6) is 0.659. The quantitative estimate of drug-likeness (QED) is 0.287. The van der Waals surface area contributed by atoms with Crippen LogP contribution in [0.2, 0.25) is 0 Å². The van der Waals surface area contributed by atoms with Gasteiger partial charge >= 0.3 is 11.9 Å². The summed E-state index contributed by atoms with van der Waals surface area (Å²) in [6, 6.07) is 0. The Labute approximate surface area is 190 Å². The highest BCUT2D eigenvalue weighted by Gasteiger charge is 2.36. The van der Waals surface area contributed by atoms with Crippen molar-refractivity contribution in [3.05, 3.63) is 0 Å². The van der Waals surface area contributed by atoms with Crippen LogP contribution in [-0.2, 0) is 19.1 Å². The van der Waals surface area contributed by atoms with Gasteiger partial charge in [-0.3, -0.25) is 4.79 Å². The fourth-order valence-electron chi connectivity index (χ4n) is 4.28. The minimum Gasteiger partial charge on any atom is -0.462 e. The van der Waals surface area contributed by atoms with Gasteiger partial charge < -0.3 is 14.6 Å². The van der Waals surface area contributed by atoms with Gasteiger partial charge in [-0.2, -0.15) is 0 Å². The lowest BCUT2D eigenvalue weighted by Gasteiger charge is -2.34. The van der Waals surface area contributed by atoms with Gasteiger partial charge in [0.05, 0.1) is 6.10 Å². The van der Waals surface area contributed by atoms with Crippen LogP contribution in [0.5, 0.6) is 0 Å². The van der Waals surface area contributed by atoms with Gasteiger partial charge in [0.15, 0.2) is 0 Å². The van der Waals surface area contributed by atoms with E-state index in [1.807, 2.05) is 6.92 Å². The average Bonchev–Trinajstić information content (AvgIpc) is 2.51. The second-order valence-electron chi connectivity index (χ2n) is 8.31. The van der Waals surface area contributed by atoms with Gasteiger partial charge in [0, 0.05) is 19.8 Å². The number of aliphatic hydroxyl groups excluding tert-OH is 1. The predicted molar refractivity (Wildman–Crippen MR) is 118 cm³/mol. The van der Waals surface area contributed by atoms with Crippen LogP contribution in [0.15, 0.2) is 0 Å². The molecule has 0 aromatic carbocycles. The van der Waals surface area contributed by atoms with Crippen LogP contribution in [0, 0.1) is 17.8 Å². The maximum Gasteiger partial charge on any atom is 0.349 e. The van der Waals surface area contributed by atoms with Crippen LogP contribution in [0.3, 0.4) is 0 Å². The van der Waals surface area contributed by atoms with Gasteiger partial charge in [0.25, 0.3) is 0 Å². The number of carbonyl (C=O) groups is 2. The van der Waals surface area contributed by atoms with Crippen molar-refractivity contribution in [1.29, 1.82) is 0 Å². The molecule has 0 aliphatic heterocycles. The van der Waals surface area contributed by atoms with Crippen molar-refractivity contribution in [3.8, 4) is 0 Å². The zero-order valence-electron chi connectivity index (χ0n) is 17.1. The number of ether oxygens (including phenoxy) is 2. The molecule has 1 aliphatic carbocycles. The van der Waals surface area contributed by atoms with Gasteiger partial charge in [-0.1, -0.05) is 32.4 Å². The molecule has 1 aliphatic rings. The van der Waals surface area contributed by atoms with Gasteiger partial charge in [0.1, 0.15) is 12.2 Å². The van der Waals surface area contributed by atoms with Gasteiger partial charge in [-0.05, 0) is 81.7 Å². The molecular formula is C20H33Br2ClO5. The molecule has 5 unspecified atom stereocenters. The van der Waals surface area contributed by atoms with Crippen molar-refractivity contribution in [2.45, 2.75) is 93.6 Å². The lowest BCUT2D eigenvalue weighted by Crippen LogP contribution is -2.34. The first-order valence-corrected chi connectivity index (χ1v) is 12.0. The van der Waals surface area contributed by atoms with E-state index in [-0.39, 0.29) is 0 Å². The topological polar surface area (TPSA) is 72.8 Å². The Morgan fingerprint density at radius 1 is 1.11 bits per heavy atom. The van der Waals surface area contributed by atoms with Crippen LogP contribution in [-0.4, -0.2) is 38.0 Å². The molecule has 164 valence electrons.